The first kappa shape index (κ1) is 26.1. The molecule has 0 aromatic carbocycles. The minimum absolute atomic E-state index is 0. The predicted molar refractivity (Wildman–Crippen MR) is 94.7 cm³/mol. The van der Waals surface area contributed by atoms with Crippen LogP contribution in [-0.4, -0.2) is 50.4 Å². The van der Waals surface area contributed by atoms with Crippen molar-refractivity contribution in [2.24, 2.45) is 0 Å². The number of hydrogen-bond donors (Lipinski definition) is 1. The van der Waals surface area contributed by atoms with E-state index in [0.29, 0.717) is 6.42 Å². The number of unbranched alkanes of at least 4 members (excludes halogenated alkanes) is 9. The zero-order chi connectivity index (χ0) is 16.9. The molecule has 0 aliphatic heterocycles. The maximum absolute atomic E-state index is 10.7. The minimum Gasteiger partial charge on any atom is -0.328 e. The average molecular weight is 360 g/mol. The quantitative estimate of drug-likeness (QED) is 0.207. The van der Waals surface area contributed by atoms with Gasteiger partial charge in [0.1, 0.15) is 0 Å². The normalized spacial score (nSPS) is 12.2. The fourth-order valence-corrected chi connectivity index (χ4v) is 3.31. The molecule has 0 spiro atoms. The van der Waals surface area contributed by atoms with Crippen molar-refractivity contribution < 1.29 is 47.0 Å². The monoisotopic (exact) mass is 359 g/mol. The molecule has 0 unspecified atom stereocenters. The van der Waals surface area contributed by atoms with E-state index in [9.17, 15) is 8.42 Å². The van der Waals surface area contributed by atoms with E-state index in [1.165, 1.54) is 64.2 Å². The molecular formula is C17H38NNaO3S+2. The van der Waals surface area contributed by atoms with Crippen LogP contribution in [0.1, 0.15) is 77.6 Å². The van der Waals surface area contributed by atoms with Crippen molar-refractivity contribution in [3.63, 3.8) is 0 Å². The SMILES string of the molecule is CCCCCCCCCCCC[N+](C)(C)CCCS(=O)(=O)O.[Na+]. The summed E-state index contributed by atoms with van der Waals surface area (Å²) in [6.07, 6.45) is 13.9. The van der Waals surface area contributed by atoms with E-state index in [1.807, 2.05) is 0 Å². The summed E-state index contributed by atoms with van der Waals surface area (Å²) in [7, 11) is 0.473. The van der Waals surface area contributed by atoms with E-state index < -0.39 is 10.1 Å². The second-order valence-electron chi connectivity index (χ2n) is 7.20. The molecule has 0 bridgehead atoms. The summed E-state index contributed by atoms with van der Waals surface area (Å²) in [5, 5.41) is 0. The summed E-state index contributed by atoms with van der Waals surface area (Å²) in [5.41, 5.74) is 0. The second kappa shape index (κ2) is 15.2. The van der Waals surface area contributed by atoms with E-state index >= 15 is 0 Å². The van der Waals surface area contributed by atoms with Crippen LogP contribution in [0.3, 0.4) is 0 Å². The first-order valence-corrected chi connectivity index (χ1v) is 10.6. The van der Waals surface area contributed by atoms with Crippen LogP contribution in [0.2, 0.25) is 0 Å². The summed E-state index contributed by atoms with van der Waals surface area (Å²) in [6, 6.07) is 0. The molecule has 0 heterocycles. The summed E-state index contributed by atoms with van der Waals surface area (Å²) < 4.78 is 31.0. The van der Waals surface area contributed by atoms with E-state index in [2.05, 4.69) is 21.0 Å². The van der Waals surface area contributed by atoms with Crippen LogP contribution in [0.15, 0.2) is 0 Å². The average Bonchev–Trinajstić information content (AvgIpc) is 2.39. The standard InChI is InChI=1S/C17H37NO3S.Na/c1-4-5-6-7-8-9-10-11-12-13-15-18(2,3)16-14-17-22(19,20)21;/h4-17H2,1-3H3;/q;+1/p+1. The number of rotatable bonds is 15. The van der Waals surface area contributed by atoms with E-state index in [-0.39, 0.29) is 35.3 Å². The first-order valence-electron chi connectivity index (χ1n) is 9.04. The Kier molecular flexibility index (Phi) is 17.2. The molecule has 0 aliphatic carbocycles. The van der Waals surface area contributed by atoms with Gasteiger partial charge in [-0.25, -0.2) is 0 Å². The van der Waals surface area contributed by atoms with Crippen LogP contribution < -0.4 is 29.6 Å². The van der Waals surface area contributed by atoms with Gasteiger partial charge in [-0.05, 0) is 12.8 Å². The summed E-state index contributed by atoms with van der Waals surface area (Å²) >= 11 is 0. The number of nitrogens with zero attached hydrogens (tertiary/aromatic N) is 1. The van der Waals surface area contributed by atoms with E-state index in [0.717, 1.165) is 17.6 Å². The topological polar surface area (TPSA) is 54.4 Å². The maximum atomic E-state index is 10.7. The third-order valence-corrected chi connectivity index (χ3v) is 5.09. The molecule has 4 nitrogen and oxygen atoms in total. The maximum Gasteiger partial charge on any atom is 1.00 e. The van der Waals surface area contributed by atoms with Crippen molar-refractivity contribution in [2.45, 2.75) is 77.6 Å². The van der Waals surface area contributed by atoms with Gasteiger partial charge >= 0.3 is 29.6 Å². The summed E-state index contributed by atoms with van der Waals surface area (Å²) in [6.45, 7) is 4.14. The molecule has 0 atom stereocenters. The van der Waals surface area contributed by atoms with Gasteiger partial charge in [-0.15, -0.1) is 0 Å². The molecule has 23 heavy (non-hydrogen) atoms. The van der Waals surface area contributed by atoms with Gasteiger partial charge in [-0.2, -0.15) is 8.42 Å². The fourth-order valence-electron chi connectivity index (χ4n) is 2.81. The zero-order valence-electron chi connectivity index (χ0n) is 16.0. The molecule has 0 radical (unpaired) electrons. The Morgan fingerprint density at radius 3 is 1.57 bits per heavy atom. The van der Waals surface area contributed by atoms with Gasteiger partial charge in [0, 0.05) is 6.42 Å². The number of hydrogen-bond acceptors (Lipinski definition) is 2. The van der Waals surface area contributed by atoms with E-state index in [1.54, 1.807) is 0 Å². The molecule has 6 heteroatoms. The van der Waals surface area contributed by atoms with Crippen molar-refractivity contribution >= 4 is 10.1 Å². The van der Waals surface area contributed by atoms with Crippen molar-refractivity contribution in [3.05, 3.63) is 0 Å². The first-order chi connectivity index (χ1) is 10.3. The van der Waals surface area contributed by atoms with Gasteiger partial charge < -0.3 is 4.48 Å². The molecule has 0 aromatic heterocycles. The molecule has 0 saturated carbocycles. The smallest absolute Gasteiger partial charge is 0.328 e. The Bertz CT molecular complexity index is 359. The van der Waals surface area contributed by atoms with Crippen LogP contribution >= 0.6 is 0 Å². The Labute approximate surface area is 167 Å². The van der Waals surface area contributed by atoms with Crippen molar-refractivity contribution in [1.29, 1.82) is 0 Å². The van der Waals surface area contributed by atoms with Crippen molar-refractivity contribution in [2.75, 3.05) is 32.9 Å². The van der Waals surface area contributed by atoms with Crippen molar-refractivity contribution in [1.82, 2.24) is 0 Å². The fraction of sp³-hybridized carbons (Fsp3) is 1.00. The minimum atomic E-state index is -3.80. The molecule has 0 fully saturated rings. The third-order valence-electron chi connectivity index (χ3n) is 4.28. The van der Waals surface area contributed by atoms with Crippen LogP contribution in [0.25, 0.3) is 0 Å². The predicted octanol–water partition coefficient (Wildman–Crippen LogP) is 1.27. The second-order valence-corrected chi connectivity index (χ2v) is 8.78. The van der Waals surface area contributed by atoms with Gasteiger partial charge in [0.15, 0.2) is 0 Å². The van der Waals surface area contributed by atoms with Gasteiger partial charge in [0.2, 0.25) is 0 Å². The summed E-state index contributed by atoms with van der Waals surface area (Å²) in [4.78, 5) is 0. The molecule has 1 N–H and O–H groups in total. The van der Waals surface area contributed by atoms with Crippen LogP contribution in [0.4, 0.5) is 0 Å². The van der Waals surface area contributed by atoms with Gasteiger partial charge in [-0.3, -0.25) is 4.55 Å². The molecule has 0 aromatic rings. The molecule has 0 saturated heterocycles. The van der Waals surface area contributed by atoms with E-state index in [4.69, 9.17) is 4.55 Å². The largest absolute Gasteiger partial charge is 1.00 e. The Balaban J connectivity index is 0. The molecule has 0 aliphatic rings. The van der Waals surface area contributed by atoms with Gasteiger partial charge in [0.05, 0.1) is 32.9 Å². The molecule has 134 valence electrons. The summed E-state index contributed by atoms with van der Waals surface area (Å²) in [5.74, 6) is -0.118. The van der Waals surface area contributed by atoms with Gasteiger partial charge in [0.25, 0.3) is 10.1 Å². The zero-order valence-corrected chi connectivity index (χ0v) is 18.8. The Morgan fingerprint density at radius 2 is 1.13 bits per heavy atom. The van der Waals surface area contributed by atoms with Crippen molar-refractivity contribution in [3.8, 4) is 0 Å². The Morgan fingerprint density at radius 1 is 0.739 bits per heavy atom. The Hall–Kier alpha value is 0.870. The van der Waals surface area contributed by atoms with Gasteiger partial charge in [-0.1, -0.05) is 58.3 Å². The number of quaternary nitrogens is 1. The molecule has 0 amide bonds. The van der Waals surface area contributed by atoms with Crippen LogP contribution in [0, 0.1) is 0 Å². The third kappa shape index (κ3) is 20.8. The van der Waals surface area contributed by atoms with Crippen LogP contribution in [0.5, 0.6) is 0 Å². The molecule has 0 rings (SSSR count). The van der Waals surface area contributed by atoms with Crippen LogP contribution in [-0.2, 0) is 10.1 Å². The molecular weight excluding hydrogens is 321 g/mol.